The van der Waals surface area contributed by atoms with Crippen molar-refractivity contribution in [2.24, 2.45) is 0 Å². The molecule has 25 heavy (non-hydrogen) atoms. The van der Waals surface area contributed by atoms with Gasteiger partial charge in [0.05, 0.1) is 14.2 Å². The molecule has 0 bridgehead atoms. The first-order valence-corrected chi connectivity index (χ1v) is 8.20. The van der Waals surface area contributed by atoms with Gasteiger partial charge in [0.2, 0.25) is 5.95 Å². The molecular formula is C18H24N4O3. The number of amides is 1. The Morgan fingerprint density at radius 1 is 1.12 bits per heavy atom. The van der Waals surface area contributed by atoms with Crippen LogP contribution in [0.25, 0.3) is 0 Å². The number of ether oxygens (including phenoxy) is 2. The Balaban J connectivity index is 2.09. The van der Waals surface area contributed by atoms with Crippen molar-refractivity contribution in [3.8, 4) is 11.5 Å². The summed E-state index contributed by atoms with van der Waals surface area (Å²) in [5.41, 5.74) is 1.37. The molecular weight excluding hydrogens is 320 g/mol. The molecule has 2 rings (SSSR count). The molecule has 0 aliphatic carbocycles. The molecule has 0 radical (unpaired) electrons. The first kappa shape index (κ1) is 18.5. The molecule has 1 amide bonds. The number of aromatic nitrogens is 2. The van der Waals surface area contributed by atoms with Crippen molar-refractivity contribution in [3.05, 3.63) is 41.7 Å². The normalized spacial score (nSPS) is 10.2. The van der Waals surface area contributed by atoms with Gasteiger partial charge in [0.15, 0.2) is 11.5 Å². The van der Waals surface area contributed by atoms with Crippen LogP contribution in [0.4, 0.5) is 5.95 Å². The van der Waals surface area contributed by atoms with E-state index >= 15 is 0 Å². The molecule has 1 aromatic carbocycles. The average molecular weight is 344 g/mol. The van der Waals surface area contributed by atoms with Crippen LogP contribution in [0.3, 0.4) is 0 Å². The third-order valence-electron chi connectivity index (χ3n) is 3.82. The van der Waals surface area contributed by atoms with Crippen molar-refractivity contribution in [1.82, 2.24) is 14.9 Å². The summed E-state index contributed by atoms with van der Waals surface area (Å²) in [6, 6.07) is 7.29. The second-order valence-electron chi connectivity index (χ2n) is 5.29. The van der Waals surface area contributed by atoms with E-state index < -0.39 is 0 Å². The van der Waals surface area contributed by atoms with Crippen LogP contribution < -0.4 is 14.8 Å². The van der Waals surface area contributed by atoms with Crippen molar-refractivity contribution < 1.29 is 14.3 Å². The van der Waals surface area contributed by atoms with E-state index in [4.69, 9.17) is 9.47 Å². The molecule has 2 aromatic rings. The monoisotopic (exact) mass is 344 g/mol. The maximum atomic E-state index is 12.4. The molecule has 0 fully saturated rings. The topological polar surface area (TPSA) is 76.6 Å². The highest BCUT2D eigenvalue weighted by Crippen LogP contribution is 2.27. The molecule has 7 heteroatoms. The summed E-state index contributed by atoms with van der Waals surface area (Å²) in [4.78, 5) is 22.6. The average Bonchev–Trinajstić information content (AvgIpc) is 2.67. The Hall–Kier alpha value is -2.83. The highest BCUT2D eigenvalue weighted by Gasteiger charge is 2.14. The van der Waals surface area contributed by atoms with Gasteiger partial charge in [0, 0.05) is 25.8 Å². The Bertz CT molecular complexity index is 717. The fourth-order valence-electron chi connectivity index (χ4n) is 2.41. The molecule has 1 heterocycles. The number of nitrogens with zero attached hydrogens (tertiary/aromatic N) is 3. The van der Waals surface area contributed by atoms with E-state index in [1.165, 1.54) is 0 Å². The number of benzene rings is 1. The highest BCUT2D eigenvalue weighted by atomic mass is 16.5. The maximum absolute atomic E-state index is 12.4. The van der Waals surface area contributed by atoms with Crippen molar-refractivity contribution in [3.63, 3.8) is 0 Å². The van der Waals surface area contributed by atoms with Gasteiger partial charge in [-0.15, -0.1) is 0 Å². The molecule has 1 aromatic heterocycles. The lowest BCUT2D eigenvalue weighted by Gasteiger charge is -2.18. The summed E-state index contributed by atoms with van der Waals surface area (Å²) in [5, 5.41) is 3.13. The minimum Gasteiger partial charge on any atom is -0.493 e. The summed E-state index contributed by atoms with van der Waals surface area (Å²) in [7, 11) is 3.20. The lowest BCUT2D eigenvalue weighted by atomic mass is 10.2. The van der Waals surface area contributed by atoms with Gasteiger partial charge in [-0.05, 0) is 37.6 Å². The third-order valence-corrected chi connectivity index (χ3v) is 3.82. The van der Waals surface area contributed by atoms with Crippen molar-refractivity contribution in [1.29, 1.82) is 0 Å². The van der Waals surface area contributed by atoms with Crippen LogP contribution in [-0.2, 0) is 6.54 Å². The molecule has 134 valence electrons. The fourth-order valence-corrected chi connectivity index (χ4v) is 2.41. The molecule has 0 aliphatic rings. The van der Waals surface area contributed by atoms with Crippen LogP contribution in [0.5, 0.6) is 11.5 Å². The summed E-state index contributed by atoms with van der Waals surface area (Å²) < 4.78 is 10.5. The van der Waals surface area contributed by atoms with Crippen LogP contribution in [0.2, 0.25) is 0 Å². The van der Waals surface area contributed by atoms with Gasteiger partial charge >= 0.3 is 0 Å². The minimum absolute atomic E-state index is 0.0958. The standard InChI is InChI=1S/C18H24N4O3/c1-5-22(6-2)17(23)14-9-10-19-18(21-14)20-12-13-7-8-15(24-3)16(11-13)25-4/h7-11H,5-6,12H2,1-4H3,(H,19,20,21). The van der Waals surface area contributed by atoms with Gasteiger partial charge in [-0.1, -0.05) is 6.07 Å². The SMILES string of the molecule is CCN(CC)C(=O)c1ccnc(NCc2ccc(OC)c(OC)c2)n1. The minimum atomic E-state index is -0.0958. The fraction of sp³-hybridized carbons (Fsp3) is 0.389. The quantitative estimate of drug-likeness (QED) is 0.793. The smallest absolute Gasteiger partial charge is 0.272 e. The number of methoxy groups -OCH3 is 2. The van der Waals surface area contributed by atoms with Crippen LogP contribution >= 0.6 is 0 Å². The van der Waals surface area contributed by atoms with Gasteiger partial charge in [-0.25, -0.2) is 9.97 Å². The predicted octanol–water partition coefficient (Wildman–Crippen LogP) is 2.59. The second-order valence-corrected chi connectivity index (χ2v) is 5.29. The molecule has 0 atom stereocenters. The van der Waals surface area contributed by atoms with Crippen molar-refractivity contribution >= 4 is 11.9 Å². The lowest BCUT2D eigenvalue weighted by molar-refractivity contribution is 0.0767. The number of rotatable bonds is 8. The second kappa shape index (κ2) is 8.86. The zero-order valence-corrected chi connectivity index (χ0v) is 15.1. The molecule has 1 N–H and O–H groups in total. The molecule has 0 saturated carbocycles. The Kier molecular flexibility index (Phi) is 6.56. The third kappa shape index (κ3) is 4.59. The molecule has 0 aliphatic heterocycles. The Labute approximate surface area is 148 Å². The lowest BCUT2D eigenvalue weighted by Crippen LogP contribution is -2.31. The van der Waals surface area contributed by atoms with E-state index in [0.717, 1.165) is 5.56 Å². The maximum Gasteiger partial charge on any atom is 0.272 e. The Morgan fingerprint density at radius 2 is 1.84 bits per heavy atom. The number of carbonyl (C=O) groups is 1. The van der Waals surface area contributed by atoms with E-state index in [-0.39, 0.29) is 5.91 Å². The summed E-state index contributed by atoms with van der Waals surface area (Å²) in [6.07, 6.45) is 1.58. The predicted molar refractivity (Wildman–Crippen MR) is 96.2 cm³/mol. The van der Waals surface area contributed by atoms with E-state index in [1.807, 2.05) is 32.0 Å². The van der Waals surface area contributed by atoms with Gasteiger partial charge in [-0.3, -0.25) is 4.79 Å². The molecule has 0 saturated heterocycles. The van der Waals surface area contributed by atoms with Gasteiger partial charge in [0.1, 0.15) is 5.69 Å². The van der Waals surface area contributed by atoms with Gasteiger partial charge in [-0.2, -0.15) is 0 Å². The zero-order valence-electron chi connectivity index (χ0n) is 15.1. The zero-order chi connectivity index (χ0) is 18.2. The number of hydrogen-bond acceptors (Lipinski definition) is 6. The number of nitrogens with one attached hydrogen (secondary N) is 1. The van der Waals surface area contributed by atoms with Crippen molar-refractivity contribution in [2.75, 3.05) is 32.6 Å². The van der Waals surface area contributed by atoms with Crippen LogP contribution in [0, 0.1) is 0 Å². The molecule has 7 nitrogen and oxygen atoms in total. The number of hydrogen-bond donors (Lipinski definition) is 1. The van der Waals surface area contributed by atoms with Crippen molar-refractivity contribution in [2.45, 2.75) is 20.4 Å². The Morgan fingerprint density at radius 3 is 2.48 bits per heavy atom. The van der Waals surface area contributed by atoms with Crippen LogP contribution in [0.1, 0.15) is 29.9 Å². The van der Waals surface area contributed by atoms with Crippen LogP contribution in [0.15, 0.2) is 30.5 Å². The van der Waals surface area contributed by atoms with Crippen LogP contribution in [-0.4, -0.2) is 48.1 Å². The van der Waals surface area contributed by atoms with E-state index in [1.54, 1.807) is 31.4 Å². The summed E-state index contributed by atoms with van der Waals surface area (Å²) >= 11 is 0. The number of anilines is 1. The first-order chi connectivity index (χ1) is 12.1. The number of carbonyl (C=O) groups excluding carboxylic acids is 1. The highest BCUT2D eigenvalue weighted by molar-refractivity contribution is 5.92. The first-order valence-electron chi connectivity index (χ1n) is 8.20. The summed E-state index contributed by atoms with van der Waals surface area (Å²) in [5.74, 6) is 1.65. The summed E-state index contributed by atoms with van der Waals surface area (Å²) in [6.45, 7) is 5.68. The van der Waals surface area contributed by atoms with E-state index in [0.29, 0.717) is 42.8 Å². The molecule has 0 unspecified atom stereocenters. The van der Waals surface area contributed by atoms with E-state index in [2.05, 4.69) is 15.3 Å². The molecule has 0 spiro atoms. The van der Waals surface area contributed by atoms with E-state index in [9.17, 15) is 4.79 Å². The van der Waals surface area contributed by atoms with Gasteiger partial charge < -0.3 is 19.7 Å². The largest absolute Gasteiger partial charge is 0.493 e. The van der Waals surface area contributed by atoms with Gasteiger partial charge in [0.25, 0.3) is 5.91 Å².